The summed E-state index contributed by atoms with van der Waals surface area (Å²) in [5, 5.41) is 11.2. The molecule has 0 unspecified atom stereocenters. The first-order chi connectivity index (χ1) is 8.19. The minimum Gasteiger partial charge on any atom is -0.286 e. The van der Waals surface area contributed by atoms with E-state index in [0.717, 1.165) is 28.1 Å². The number of aromatic amines is 1. The standard InChI is InChI=1S/C13H13N3S/c1-3-10-8(2)12(11-5-4-6-17-11)9(7-14)13(15)16-10/h4-6H,3H2,1-2H3,(H2,15,16)/p+1. The van der Waals surface area contributed by atoms with E-state index in [0.29, 0.717) is 11.4 Å². The van der Waals surface area contributed by atoms with Gasteiger partial charge in [-0.3, -0.25) is 5.73 Å². The number of nitrogens with zero attached hydrogens (tertiary/aromatic N) is 1. The Bertz CT molecular complexity index is 579. The zero-order valence-electron chi connectivity index (χ0n) is 9.87. The van der Waals surface area contributed by atoms with Gasteiger partial charge >= 0.3 is 0 Å². The van der Waals surface area contributed by atoms with Crippen LogP contribution in [0.5, 0.6) is 0 Å². The molecule has 0 saturated carbocycles. The topological polar surface area (TPSA) is 63.9 Å². The fourth-order valence-corrected chi connectivity index (χ4v) is 2.82. The summed E-state index contributed by atoms with van der Waals surface area (Å²) in [6, 6.07) is 6.20. The monoisotopic (exact) mass is 244 g/mol. The van der Waals surface area contributed by atoms with Gasteiger partial charge in [-0.05, 0) is 18.4 Å². The third-order valence-electron chi connectivity index (χ3n) is 2.87. The van der Waals surface area contributed by atoms with Gasteiger partial charge in [0.15, 0.2) is 0 Å². The summed E-state index contributed by atoms with van der Waals surface area (Å²) >= 11 is 1.63. The second-order valence-corrected chi connectivity index (χ2v) is 4.78. The number of rotatable bonds is 2. The van der Waals surface area contributed by atoms with Gasteiger partial charge in [0.05, 0.1) is 0 Å². The number of nitrogen functional groups attached to an aromatic ring is 1. The van der Waals surface area contributed by atoms with E-state index in [2.05, 4.69) is 18.0 Å². The number of hydrogen-bond donors (Lipinski definition) is 1. The molecule has 0 saturated heterocycles. The largest absolute Gasteiger partial charge is 0.289 e. The van der Waals surface area contributed by atoms with Gasteiger partial charge in [0.25, 0.3) is 5.82 Å². The van der Waals surface area contributed by atoms with Crippen LogP contribution in [0, 0.1) is 18.3 Å². The highest BCUT2D eigenvalue weighted by atomic mass is 32.1. The van der Waals surface area contributed by atoms with E-state index < -0.39 is 0 Å². The summed E-state index contributed by atoms with van der Waals surface area (Å²) in [7, 11) is 0. The molecule has 0 aliphatic carbocycles. The molecule has 0 aromatic carbocycles. The fraction of sp³-hybridized carbons (Fsp3) is 0.231. The van der Waals surface area contributed by atoms with Crippen molar-refractivity contribution in [3.63, 3.8) is 0 Å². The van der Waals surface area contributed by atoms with E-state index in [1.54, 1.807) is 11.3 Å². The van der Waals surface area contributed by atoms with Gasteiger partial charge in [-0.25, -0.2) is 4.98 Å². The van der Waals surface area contributed by atoms with E-state index >= 15 is 0 Å². The molecule has 0 aliphatic heterocycles. The van der Waals surface area contributed by atoms with Crippen molar-refractivity contribution in [3.05, 3.63) is 34.3 Å². The SMILES string of the molecule is CCc1[nH+]c(N)c(C#N)c(-c2cccs2)c1C. The lowest BCUT2D eigenvalue weighted by Gasteiger charge is -2.09. The number of hydrogen-bond acceptors (Lipinski definition) is 3. The number of nitrogens with two attached hydrogens (primary N) is 1. The lowest BCUT2D eigenvalue weighted by molar-refractivity contribution is -0.373. The normalized spacial score (nSPS) is 10.2. The minimum absolute atomic E-state index is 0.457. The zero-order valence-corrected chi connectivity index (χ0v) is 10.7. The van der Waals surface area contributed by atoms with Crippen molar-refractivity contribution in [2.75, 3.05) is 5.73 Å². The highest BCUT2D eigenvalue weighted by molar-refractivity contribution is 7.13. The molecule has 2 heterocycles. The van der Waals surface area contributed by atoms with Crippen LogP contribution >= 0.6 is 11.3 Å². The first kappa shape index (κ1) is 11.6. The predicted octanol–water partition coefficient (Wildman–Crippen LogP) is 2.55. The van der Waals surface area contributed by atoms with E-state index in [-0.39, 0.29) is 0 Å². The second kappa shape index (κ2) is 4.56. The molecule has 0 bridgehead atoms. The Morgan fingerprint density at radius 3 is 2.82 bits per heavy atom. The lowest BCUT2D eigenvalue weighted by Crippen LogP contribution is -2.20. The Morgan fingerprint density at radius 1 is 1.53 bits per heavy atom. The molecule has 0 radical (unpaired) electrons. The van der Waals surface area contributed by atoms with Crippen LogP contribution in [-0.2, 0) is 6.42 Å². The average molecular weight is 244 g/mol. The molecule has 17 heavy (non-hydrogen) atoms. The third-order valence-corrected chi connectivity index (χ3v) is 3.75. The summed E-state index contributed by atoms with van der Waals surface area (Å²) in [6.45, 7) is 4.10. The van der Waals surface area contributed by atoms with Crippen LogP contribution in [0.2, 0.25) is 0 Å². The van der Waals surface area contributed by atoms with Gasteiger partial charge in [-0.15, -0.1) is 11.3 Å². The number of aryl methyl sites for hydroxylation is 1. The summed E-state index contributed by atoms with van der Waals surface area (Å²) in [6.07, 6.45) is 0.875. The van der Waals surface area contributed by atoms with Gasteiger partial charge in [0, 0.05) is 22.4 Å². The van der Waals surface area contributed by atoms with Crippen molar-refractivity contribution in [3.8, 4) is 16.5 Å². The maximum absolute atomic E-state index is 9.24. The smallest absolute Gasteiger partial charge is 0.286 e. The number of aromatic nitrogens is 1. The Labute approximate surface area is 105 Å². The van der Waals surface area contributed by atoms with Crippen LogP contribution in [0.25, 0.3) is 10.4 Å². The molecule has 4 heteroatoms. The van der Waals surface area contributed by atoms with Crippen LogP contribution in [0.4, 0.5) is 5.82 Å². The van der Waals surface area contributed by atoms with E-state index in [1.807, 2.05) is 24.4 Å². The van der Waals surface area contributed by atoms with Crippen molar-refractivity contribution >= 4 is 17.2 Å². The van der Waals surface area contributed by atoms with Gasteiger partial charge in [0.2, 0.25) is 0 Å². The number of H-pyrrole nitrogens is 1. The molecule has 0 spiro atoms. The lowest BCUT2D eigenvalue weighted by atomic mass is 9.99. The van der Waals surface area contributed by atoms with Crippen LogP contribution in [0.3, 0.4) is 0 Å². The molecule has 86 valence electrons. The molecule has 3 nitrogen and oxygen atoms in total. The maximum Gasteiger partial charge on any atom is 0.289 e. The zero-order chi connectivity index (χ0) is 12.4. The molecule has 0 aliphatic rings. The van der Waals surface area contributed by atoms with Crippen molar-refractivity contribution < 1.29 is 4.98 Å². The van der Waals surface area contributed by atoms with Crippen LogP contribution in [0.1, 0.15) is 23.7 Å². The quantitative estimate of drug-likeness (QED) is 0.882. The minimum atomic E-state index is 0.457. The first-order valence-electron chi connectivity index (χ1n) is 5.47. The summed E-state index contributed by atoms with van der Waals surface area (Å²) < 4.78 is 0. The van der Waals surface area contributed by atoms with Gasteiger partial charge < -0.3 is 0 Å². The van der Waals surface area contributed by atoms with Gasteiger partial charge in [-0.2, -0.15) is 5.26 Å². The van der Waals surface area contributed by atoms with Crippen molar-refractivity contribution in [2.24, 2.45) is 0 Å². The third kappa shape index (κ3) is 1.90. The summed E-state index contributed by atoms with van der Waals surface area (Å²) in [5.41, 5.74) is 9.62. The van der Waals surface area contributed by atoms with Crippen molar-refractivity contribution in [1.29, 1.82) is 5.26 Å². The molecule has 0 atom stereocenters. The number of nitrogens with one attached hydrogen (secondary N) is 1. The molecule has 0 fully saturated rings. The molecule has 2 rings (SSSR count). The van der Waals surface area contributed by atoms with E-state index in [1.165, 1.54) is 0 Å². The van der Waals surface area contributed by atoms with E-state index in [9.17, 15) is 5.26 Å². The Hall–Kier alpha value is -1.86. The summed E-state index contributed by atoms with van der Waals surface area (Å²) in [4.78, 5) is 4.20. The predicted molar refractivity (Wildman–Crippen MR) is 69.6 cm³/mol. The van der Waals surface area contributed by atoms with Crippen molar-refractivity contribution in [1.82, 2.24) is 0 Å². The Balaban J connectivity index is 2.80. The molecule has 3 N–H and O–H groups in total. The van der Waals surface area contributed by atoms with Crippen LogP contribution < -0.4 is 10.7 Å². The second-order valence-electron chi connectivity index (χ2n) is 3.83. The molecular weight excluding hydrogens is 230 g/mol. The molecular formula is C13H14N3S+. The van der Waals surface area contributed by atoms with Gasteiger partial charge in [0.1, 0.15) is 17.3 Å². The maximum atomic E-state index is 9.24. The number of thiophene rings is 1. The van der Waals surface area contributed by atoms with Crippen LogP contribution in [0.15, 0.2) is 17.5 Å². The van der Waals surface area contributed by atoms with Gasteiger partial charge in [-0.1, -0.05) is 13.0 Å². The molecule has 2 aromatic heterocycles. The molecule has 0 amide bonds. The molecule has 2 aromatic rings. The highest BCUT2D eigenvalue weighted by Crippen LogP contribution is 2.33. The number of pyridine rings is 1. The number of nitriles is 1. The Morgan fingerprint density at radius 2 is 2.29 bits per heavy atom. The average Bonchev–Trinajstić information content (AvgIpc) is 2.84. The van der Waals surface area contributed by atoms with E-state index in [4.69, 9.17) is 5.73 Å². The Kier molecular flexibility index (Phi) is 3.12. The van der Waals surface area contributed by atoms with Crippen LogP contribution in [-0.4, -0.2) is 0 Å². The fourth-order valence-electron chi connectivity index (χ4n) is 1.99. The summed E-state index contributed by atoms with van der Waals surface area (Å²) in [5.74, 6) is 0.457. The highest BCUT2D eigenvalue weighted by Gasteiger charge is 2.20. The first-order valence-corrected chi connectivity index (χ1v) is 6.35. The van der Waals surface area contributed by atoms with Crippen molar-refractivity contribution in [2.45, 2.75) is 20.3 Å². The number of anilines is 1.